The van der Waals surface area contributed by atoms with Crippen LogP contribution in [0.5, 0.6) is 0 Å². The molecular weight excluding hydrogens is 257 g/mol. The van der Waals surface area contributed by atoms with Crippen LogP contribution in [0.4, 0.5) is 4.39 Å². The minimum Gasteiger partial charge on any atom is -0.368 e. The molecule has 0 aliphatic carbocycles. The van der Waals surface area contributed by atoms with Gasteiger partial charge in [0.1, 0.15) is 11.4 Å². The summed E-state index contributed by atoms with van der Waals surface area (Å²) in [6, 6.07) is 6.26. The Bertz CT molecular complexity index is 455. The Labute approximate surface area is 119 Å². The van der Waals surface area contributed by atoms with Crippen LogP contribution >= 0.6 is 0 Å². The number of nitrogens with zero attached hydrogens (tertiary/aromatic N) is 1. The zero-order valence-corrected chi connectivity index (χ0v) is 11.9. The maximum Gasteiger partial charge on any atom is 0.238 e. The number of nitrogens with two attached hydrogens (primary N) is 1. The van der Waals surface area contributed by atoms with Crippen molar-refractivity contribution in [2.45, 2.75) is 25.3 Å². The van der Waals surface area contributed by atoms with E-state index in [1.54, 1.807) is 12.1 Å². The van der Waals surface area contributed by atoms with Gasteiger partial charge in [-0.15, -0.1) is 0 Å². The third-order valence-electron chi connectivity index (χ3n) is 4.03. The lowest BCUT2D eigenvalue weighted by atomic mass is 9.89. The van der Waals surface area contributed by atoms with Crippen molar-refractivity contribution in [3.8, 4) is 0 Å². The molecule has 0 radical (unpaired) electrons. The number of hydrogen-bond acceptors (Lipinski definition) is 3. The van der Waals surface area contributed by atoms with Gasteiger partial charge >= 0.3 is 0 Å². The molecule has 2 rings (SSSR count). The Kier molecular flexibility index (Phi) is 4.73. The molecule has 110 valence electrons. The summed E-state index contributed by atoms with van der Waals surface area (Å²) < 4.78 is 13.0. The molecule has 1 aliphatic heterocycles. The number of carbonyl (C=O) groups excluding carboxylic acids is 1. The third kappa shape index (κ3) is 3.35. The van der Waals surface area contributed by atoms with Crippen LogP contribution in [0.1, 0.15) is 18.9 Å². The highest BCUT2D eigenvalue weighted by molar-refractivity contribution is 5.84. The minimum absolute atomic E-state index is 0.270. The number of nitrogens with one attached hydrogen (secondary N) is 1. The summed E-state index contributed by atoms with van der Waals surface area (Å²) in [4.78, 5) is 14.1. The number of primary amides is 1. The molecule has 0 aromatic heterocycles. The normalized spacial score (nSPS) is 20.1. The first-order valence-corrected chi connectivity index (χ1v) is 7.02. The second-order valence-corrected chi connectivity index (χ2v) is 5.53. The van der Waals surface area contributed by atoms with Crippen molar-refractivity contribution >= 4 is 5.91 Å². The van der Waals surface area contributed by atoms with Gasteiger partial charge in [-0.25, -0.2) is 4.39 Å². The van der Waals surface area contributed by atoms with Gasteiger partial charge in [0.05, 0.1) is 0 Å². The first-order chi connectivity index (χ1) is 9.52. The van der Waals surface area contributed by atoms with Gasteiger partial charge < -0.3 is 11.1 Å². The second kappa shape index (κ2) is 6.33. The Morgan fingerprint density at radius 2 is 2.05 bits per heavy atom. The van der Waals surface area contributed by atoms with Crippen molar-refractivity contribution in [2.75, 3.05) is 26.2 Å². The van der Waals surface area contributed by atoms with Gasteiger partial charge in [-0.1, -0.05) is 12.1 Å². The molecule has 0 saturated carbocycles. The molecule has 0 spiro atoms. The number of halogens is 1. The van der Waals surface area contributed by atoms with Crippen LogP contribution in [0.15, 0.2) is 24.3 Å². The molecule has 5 heteroatoms. The maximum atomic E-state index is 13.0. The van der Waals surface area contributed by atoms with Crippen molar-refractivity contribution in [3.63, 3.8) is 0 Å². The van der Waals surface area contributed by atoms with Gasteiger partial charge in [0, 0.05) is 19.6 Å². The van der Waals surface area contributed by atoms with E-state index in [0.717, 1.165) is 38.2 Å². The summed E-state index contributed by atoms with van der Waals surface area (Å²) in [6.45, 7) is 5.33. The van der Waals surface area contributed by atoms with E-state index >= 15 is 0 Å². The number of carbonyl (C=O) groups is 1. The molecule has 0 bridgehead atoms. The zero-order chi connectivity index (χ0) is 14.6. The van der Waals surface area contributed by atoms with Crippen LogP contribution in [0.3, 0.4) is 0 Å². The topological polar surface area (TPSA) is 58.4 Å². The van der Waals surface area contributed by atoms with Crippen LogP contribution in [0.2, 0.25) is 0 Å². The fourth-order valence-electron chi connectivity index (χ4n) is 2.69. The lowest BCUT2D eigenvalue weighted by Gasteiger charge is -2.38. The van der Waals surface area contributed by atoms with Crippen LogP contribution in [-0.4, -0.2) is 42.5 Å². The highest BCUT2D eigenvalue weighted by Gasteiger charge is 2.37. The van der Waals surface area contributed by atoms with E-state index in [2.05, 4.69) is 10.2 Å². The number of amides is 1. The predicted molar refractivity (Wildman–Crippen MR) is 76.8 cm³/mol. The monoisotopic (exact) mass is 279 g/mol. The van der Waals surface area contributed by atoms with E-state index in [1.165, 1.54) is 12.1 Å². The molecule has 1 saturated heterocycles. The fraction of sp³-hybridized carbons (Fsp3) is 0.533. The number of benzene rings is 1. The smallest absolute Gasteiger partial charge is 0.238 e. The van der Waals surface area contributed by atoms with Crippen molar-refractivity contribution in [1.82, 2.24) is 10.2 Å². The highest BCUT2D eigenvalue weighted by atomic mass is 19.1. The number of rotatable bonds is 4. The lowest BCUT2D eigenvalue weighted by Crippen LogP contribution is -2.57. The van der Waals surface area contributed by atoms with E-state index in [1.807, 2.05) is 6.92 Å². The van der Waals surface area contributed by atoms with Gasteiger partial charge in [0.25, 0.3) is 0 Å². The average Bonchev–Trinajstić information content (AvgIpc) is 2.70. The predicted octanol–water partition coefficient (Wildman–Crippen LogP) is 0.907. The molecule has 1 unspecified atom stereocenters. The van der Waals surface area contributed by atoms with Crippen LogP contribution < -0.4 is 11.1 Å². The molecule has 1 amide bonds. The molecule has 1 aromatic rings. The van der Waals surface area contributed by atoms with Crippen molar-refractivity contribution in [2.24, 2.45) is 5.73 Å². The molecular formula is C15H22FN3O. The van der Waals surface area contributed by atoms with Crippen LogP contribution in [-0.2, 0) is 11.2 Å². The summed E-state index contributed by atoms with van der Waals surface area (Å²) in [6.07, 6.45) is 1.49. The van der Waals surface area contributed by atoms with E-state index in [-0.39, 0.29) is 11.7 Å². The van der Waals surface area contributed by atoms with Crippen molar-refractivity contribution in [3.05, 3.63) is 35.6 Å². The Morgan fingerprint density at radius 3 is 2.70 bits per heavy atom. The Hall–Kier alpha value is -1.46. The number of hydrogen-bond donors (Lipinski definition) is 2. The first kappa shape index (κ1) is 14.9. The van der Waals surface area contributed by atoms with Gasteiger partial charge in [-0.2, -0.15) is 0 Å². The summed E-state index contributed by atoms with van der Waals surface area (Å²) in [5.41, 5.74) is 5.84. The quantitative estimate of drug-likeness (QED) is 0.861. The Morgan fingerprint density at radius 1 is 1.35 bits per heavy atom. The largest absolute Gasteiger partial charge is 0.368 e. The van der Waals surface area contributed by atoms with Gasteiger partial charge in [0.2, 0.25) is 5.91 Å². The molecule has 1 heterocycles. The summed E-state index contributed by atoms with van der Waals surface area (Å²) in [7, 11) is 0. The second-order valence-electron chi connectivity index (χ2n) is 5.53. The van der Waals surface area contributed by atoms with Crippen LogP contribution in [0, 0.1) is 5.82 Å². The standard InChI is InChI=1S/C15H22FN3O/c1-15(14(17)20,19-9-2-7-18-8-10-19)11-12-3-5-13(16)6-4-12/h3-6,18H,2,7-11H2,1H3,(H2,17,20). The van der Waals surface area contributed by atoms with Gasteiger partial charge in [0.15, 0.2) is 0 Å². The molecule has 1 aliphatic rings. The first-order valence-electron chi connectivity index (χ1n) is 7.02. The molecule has 1 atom stereocenters. The van der Waals surface area contributed by atoms with E-state index < -0.39 is 5.54 Å². The summed E-state index contributed by atoms with van der Waals surface area (Å²) in [5, 5.41) is 3.32. The zero-order valence-electron chi connectivity index (χ0n) is 11.9. The summed E-state index contributed by atoms with van der Waals surface area (Å²) >= 11 is 0. The fourth-order valence-corrected chi connectivity index (χ4v) is 2.69. The van der Waals surface area contributed by atoms with Gasteiger partial charge in [-0.05, 0) is 44.0 Å². The van der Waals surface area contributed by atoms with E-state index in [4.69, 9.17) is 5.73 Å². The van der Waals surface area contributed by atoms with Crippen LogP contribution in [0.25, 0.3) is 0 Å². The molecule has 4 nitrogen and oxygen atoms in total. The van der Waals surface area contributed by atoms with Gasteiger partial charge in [-0.3, -0.25) is 9.69 Å². The van der Waals surface area contributed by atoms with E-state index in [0.29, 0.717) is 6.42 Å². The molecule has 1 fully saturated rings. The maximum absolute atomic E-state index is 13.0. The highest BCUT2D eigenvalue weighted by Crippen LogP contribution is 2.22. The molecule has 20 heavy (non-hydrogen) atoms. The molecule has 3 N–H and O–H groups in total. The lowest BCUT2D eigenvalue weighted by molar-refractivity contribution is -0.129. The third-order valence-corrected chi connectivity index (χ3v) is 4.03. The van der Waals surface area contributed by atoms with Crippen molar-refractivity contribution in [1.29, 1.82) is 0 Å². The minimum atomic E-state index is -0.732. The van der Waals surface area contributed by atoms with Crippen molar-refractivity contribution < 1.29 is 9.18 Å². The SMILES string of the molecule is CC(Cc1ccc(F)cc1)(C(N)=O)N1CCCNCC1. The Balaban J connectivity index is 2.19. The molecule has 1 aromatic carbocycles. The van der Waals surface area contributed by atoms with E-state index in [9.17, 15) is 9.18 Å². The average molecular weight is 279 g/mol. The summed E-state index contributed by atoms with van der Waals surface area (Å²) in [5.74, 6) is -0.600.